The zero-order valence-electron chi connectivity index (χ0n) is 16.1. The highest BCUT2D eigenvalue weighted by molar-refractivity contribution is 6.03. The van der Waals surface area contributed by atoms with Gasteiger partial charge in [-0.2, -0.15) is 5.26 Å². The van der Waals surface area contributed by atoms with Crippen molar-refractivity contribution in [1.82, 2.24) is 5.16 Å². The first-order valence-corrected chi connectivity index (χ1v) is 9.24. The van der Waals surface area contributed by atoms with Gasteiger partial charge in [-0.05, 0) is 55.0 Å². The number of aromatic nitrogens is 1. The number of carbonyl (C=O) groups excluding carboxylic acids is 1. The molecule has 1 aromatic heterocycles. The van der Waals surface area contributed by atoms with E-state index in [-0.39, 0.29) is 11.6 Å². The molecule has 6 heteroatoms. The SMILES string of the molecule is Cc1cc(Oc2ccc(C#N)cc2)ccc1NC(=O)c1cc(-c2ccccc2)on1. The zero-order valence-corrected chi connectivity index (χ0v) is 16.1. The van der Waals surface area contributed by atoms with Gasteiger partial charge in [0, 0.05) is 17.3 Å². The highest BCUT2D eigenvalue weighted by Crippen LogP contribution is 2.27. The van der Waals surface area contributed by atoms with Crippen molar-refractivity contribution in [2.45, 2.75) is 6.92 Å². The first kappa shape index (κ1) is 19.0. The Morgan fingerprint density at radius 1 is 1.00 bits per heavy atom. The normalized spacial score (nSPS) is 10.3. The van der Waals surface area contributed by atoms with Gasteiger partial charge in [-0.3, -0.25) is 4.79 Å². The van der Waals surface area contributed by atoms with Gasteiger partial charge < -0.3 is 14.6 Å². The summed E-state index contributed by atoms with van der Waals surface area (Å²) in [5, 5.41) is 15.6. The topological polar surface area (TPSA) is 88.1 Å². The van der Waals surface area contributed by atoms with Crippen molar-refractivity contribution in [3.8, 4) is 28.9 Å². The highest BCUT2D eigenvalue weighted by atomic mass is 16.5. The molecule has 1 amide bonds. The molecule has 1 heterocycles. The van der Waals surface area contributed by atoms with Crippen LogP contribution in [-0.2, 0) is 0 Å². The third kappa shape index (κ3) is 4.21. The summed E-state index contributed by atoms with van der Waals surface area (Å²) >= 11 is 0. The van der Waals surface area contributed by atoms with E-state index in [1.807, 2.05) is 43.3 Å². The number of ether oxygens (including phenoxy) is 1. The summed E-state index contributed by atoms with van der Waals surface area (Å²) in [6.07, 6.45) is 0. The smallest absolute Gasteiger partial charge is 0.277 e. The molecule has 146 valence electrons. The lowest BCUT2D eigenvalue weighted by Gasteiger charge is -2.10. The van der Waals surface area contributed by atoms with Crippen LogP contribution < -0.4 is 10.1 Å². The fraction of sp³-hybridized carbons (Fsp3) is 0.0417. The molecular formula is C24H17N3O3. The number of nitrogens with one attached hydrogen (secondary N) is 1. The van der Waals surface area contributed by atoms with Gasteiger partial charge in [-0.1, -0.05) is 35.5 Å². The summed E-state index contributed by atoms with van der Waals surface area (Å²) in [5.74, 6) is 1.43. The second-order valence-corrected chi connectivity index (χ2v) is 6.61. The lowest BCUT2D eigenvalue weighted by atomic mass is 10.1. The Labute approximate surface area is 173 Å². The molecule has 0 radical (unpaired) electrons. The average Bonchev–Trinajstić information content (AvgIpc) is 3.27. The monoisotopic (exact) mass is 395 g/mol. The van der Waals surface area contributed by atoms with Crippen LogP contribution in [-0.4, -0.2) is 11.1 Å². The summed E-state index contributed by atoms with van der Waals surface area (Å²) in [6.45, 7) is 1.87. The van der Waals surface area contributed by atoms with Crippen LogP contribution in [0.25, 0.3) is 11.3 Å². The molecule has 1 N–H and O–H groups in total. The van der Waals surface area contributed by atoms with Crippen molar-refractivity contribution in [3.05, 3.63) is 95.7 Å². The lowest BCUT2D eigenvalue weighted by Crippen LogP contribution is -2.13. The van der Waals surface area contributed by atoms with Gasteiger partial charge in [0.25, 0.3) is 5.91 Å². The molecule has 4 aromatic rings. The largest absolute Gasteiger partial charge is 0.457 e. The Morgan fingerprint density at radius 2 is 1.73 bits per heavy atom. The van der Waals surface area contributed by atoms with E-state index >= 15 is 0 Å². The molecule has 4 rings (SSSR count). The van der Waals surface area contributed by atoms with E-state index < -0.39 is 0 Å². The molecule has 0 aliphatic heterocycles. The maximum atomic E-state index is 12.6. The van der Waals surface area contributed by atoms with Crippen LogP contribution in [0.5, 0.6) is 11.5 Å². The summed E-state index contributed by atoms with van der Waals surface area (Å²) in [6, 6.07) is 25.4. The molecular weight excluding hydrogens is 378 g/mol. The van der Waals surface area contributed by atoms with Crippen molar-refractivity contribution < 1.29 is 14.1 Å². The first-order chi connectivity index (χ1) is 14.6. The van der Waals surface area contributed by atoms with E-state index in [0.717, 1.165) is 11.1 Å². The van der Waals surface area contributed by atoms with Gasteiger partial charge in [0.2, 0.25) is 0 Å². The minimum Gasteiger partial charge on any atom is -0.457 e. The van der Waals surface area contributed by atoms with Gasteiger partial charge in [0.05, 0.1) is 11.6 Å². The van der Waals surface area contributed by atoms with Gasteiger partial charge in [-0.15, -0.1) is 0 Å². The van der Waals surface area contributed by atoms with Crippen LogP contribution in [0.15, 0.2) is 83.4 Å². The Bertz CT molecular complexity index is 1220. The number of nitriles is 1. The number of aryl methyl sites for hydroxylation is 1. The summed E-state index contributed by atoms with van der Waals surface area (Å²) in [5.41, 5.74) is 3.10. The van der Waals surface area contributed by atoms with E-state index in [9.17, 15) is 4.79 Å². The van der Waals surface area contributed by atoms with Crippen LogP contribution in [0, 0.1) is 18.3 Å². The number of anilines is 1. The molecule has 0 fully saturated rings. The Morgan fingerprint density at radius 3 is 2.43 bits per heavy atom. The van der Waals surface area contributed by atoms with Crippen LogP contribution in [0.1, 0.15) is 21.6 Å². The molecule has 0 aliphatic carbocycles. The van der Waals surface area contributed by atoms with Crippen LogP contribution >= 0.6 is 0 Å². The van der Waals surface area contributed by atoms with E-state index in [2.05, 4.69) is 16.5 Å². The highest BCUT2D eigenvalue weighted by Gasteiger charge is 2.15. The molecule has 0 saturated heterocycles. The quantitative estimate of drug-likeness (QED) is 0.477. The van der Waals surface area contributed by atoms with Crippen molar-refractivity contribution >= 4 is 11.6 Å². The van der Waals surface area contributed by atoms with E-state index in [0.29, 0.717) is 28.5 Å². The molecule has 0 saturated carbocycles. The molecule has 0 unspecified atom stereocenters. The second-order valence-electron chi connectivity index (χ2n) is 6.61. The van der Waals surface area contributed by atoms with Crippen molar-refractivity contribution in [2.75, 3.05) is 5.32 Å². The molecule has 30 heavy (non-hydrogen) atoms. The summed E-state index contributed by atoms with van der Waals surface area (Å²) in [4.78, 5) is 12.6. The van der Waals surface area contributed by atoms with E-state index in [4.69, 9.17) is 14.5 Å². The standard InChI is InChI=1S/C24H17N3O3/c1-16-13-20(29-19-9-7-17(15-25)8-10-19)11-12-21(16)26-24(28)22-14-23(30-27-22)18-5-3-2-4-6-18/h2-14H,1H3,(H,26,28). The van der Waals surface area contributed by atoms with Gasteiger partial charge in [-0.25, -0.2) is 0 Å². The number of nitrogens with zero attached hydrogens (tertiary/aromatic N) is 2. The maximum Gasteiger partial charge on any atom is 0.277 e. The average molecular weight is 395 g/mol. The third-order valence-corrected chi connectivity index (χ3v) is 4.47. The minimum atomic E-state index is -0.357. The predicted octanol–water partition coefficient (Wildman–Crippen LogP) is 5.57. The number of hydrogen-bond acceptors (Lipinski definition) is 5. The fourth-order valence-electron chi connectivity index (χ4n) is 2.88. The van der Waals surface area contributed by atoms with Crippen molar-refractivity contribution in [3.63, 3.8) is 0 Å². The number of benzene rings is 3. The summed E-state index contributed by atoms with van der Waals surface area (Å²) in [7, 11) is 0. The molecule has 0 bridgehead atoms. The van der Waals surface area contributed by atoms with Crippen LogP contribution in [0.2, 0.25) is 0 Å². The zero-order chi connectivity index (χ0) is 20.9. The second kappa shape index (κ2) is 8.33. The predicted molar refractivity (Wildman–Crippen MR) is 112 cm³/mol. The molecule has 0 spiro atoms. The number of carbonyl (C=O) groups is 1. The van der Waals surface area contributed by atoms with Gasteiger partial charge in [0.1, 0.15) is 11.5 Å². The Balaban J connectivity index is 1.45. The van der Waals surface area contributed by atoms with E-state index in [1.54, 1.807) is 42.5 Å². The molecule has 0 aliphatic rings. The summed E-state index contributed by atoms with van der Waals surface area (Å²) < 4.78 is 11.1. The first-order valence-electron chi connectivity index (χ1n) is 9.24. The van der Waals surface area contributed by atoms with Crippen LogP contribution in [0.4, 0.5) is 5.69 Å². The van der Waals surface area contributed by atoms with Crippen molar-refractivity contribution in [2.24, 2.45) is 0 Å². The maximum absolute atomic E-state index is 12.6. The Hall–Kier alpha value is -4.37. The lowest BCUT2D eigenvalue weighted by molar-refractivity contribution is 0.101. The van der Waals surface area contributed by atoms with Crippen LogP contribution in [0.3, 0.4) is 0 Å². The van der Waals surface area contributed by atoms with E-state index in [1.165, 1.54) is 0 Å². The minimum absolute atomic E-state index is 0.200. The Kier molecular flexibility index (Phi) is 5.27. The number of hydrogen-bond donors (Lipinski definition) is 1. The number of rotatable bonds is 5. The van der Waals surface area contributed by atoms with Crippen molar-refractivity contribution in [1.29, 1.82) is 5.26 Å². The molecule has 0 atom stereocenters. The molecule has 3 aromatic carbocycles. The van der Waals surface area contributed by atoms with Gasteiger partial charge in [0.15, 0.2) is 11.5 Å². The fourth-order valence-corrected chi connectivity index (χ4v) is 2.88. The van der Waals surface area contributed by atoms with Gasteiger partial charge >= 0.3 is 0 Å². The molecule has 6 nitrogen and oxygen atoms in total. The number of amides is 1. The third-order valence-electron chi connectivity index (χ3n) is 4.47.